The van der Waals surface area contributed by atoms with E-state index in [1.807, 2.05) is 89.2 Å². The highest BCUT2D eigenvalue weighted by Gasteiger charge is 2.44. The zero-order valence-electron chi connectivity index (χ0n) is 32.2. The number of anilines is 1. The number of aliphatic hydroxyl groups is 1. The molecule has 3 saturated heterocycles. The van der Waals surface area contributed by atoms with Crippen molar-refractivity contribution in [1.82, 2.24) is 25.3 Å². The molecule has 6 rings (SSSR count). The second-order valence-corrected chi connectivity index (χ2v) is 17.3. The Morgan fingerprint density at radius 2 is 1.64 bits per heavy atom. The van der Waals surface area contributed by atoms with Gasteiger partial charge in [-0.2, -0.15) is 0 Å². The van der Waals surface area contributed by atoms with Crippen LogP contribution in [-0.2, 0) is 14.3 Å². The second kappa shape index (κ2) is 16.2. The predicted molar refractivity (Wildman–Crippen MR) is 205 cm³/mol. The number of likely N-dealkylation sites (tertiary alicyclic amines) is 2. The molecule has 3 aliphatic rings. The van der Waals surface area contributed by atoms with Crippen molar-refractivity contribution in [3.8, 4) is 10.4 Å². The molecule has 2 N–H and O–H groups in total. The Kier molecular flexibility index (Phi) is 11.8. The molecule has 0 radical (unpaired) electrons. The van der Waals surface area contributed by atoms with E-state index < -0.39 is 23.7 Å². The number of aryl methyl sites for hydroxylation is 1. The highest BCUT2D eigenvalue weighted by atomic mass is 32.1. The minimum atomic E-state index is -0.795. The molecule has 3 aliphatic heterocycles. The number of ether oxygens (including phenoxy) is 1. The van der Waals surface area contributed by atoms with Gasteiger partial charge in [0.1, 0.15) is 17.6 Å². The number of amides is 3. The molecule has 4 atom stereocenters. The van der Waals surface area contributed by atoms with Gasteiger partial charge in [0.05, 0.1) is 28.2 Å². The van der Waals surface area contributed by atoms with Crippen LogP contribution in [0.15, 0.2) is 40.4 Å². The second-order valence-electron chi connectivity index (χ2n) is 16.5. The Hall–Kier alpha value is -3.97. The number of piperidine rings is 2. The summed E-state index contributed by atoms with van der Waals surface area (Å²) in [6.45, 7) is 16.8. The number of hydrogen-bond acceptors (Lipinski definition) is 10. The standard InChI is InChI=1S/C40H56N6O6S/c1-24(2)35(33-21-34(43-52-33)44-16-12-28(13-17-44)29-14-18-45(19-15-29)39(50)51-40(5,6)7)38(49)46-22-31(47)20-32(46)37(48)42-25(3)27-8-10-30(11-9-27)36-26(4)41-23-53-36/h8-11,21,23-25,28-29,31-32,35,47H,12-20,22H2,1-7H3,(H,42,48)/t25-,31+,32-,35?/m0/s1. The van der Waals surface area contributed by atoms with Crippen LogP contribution in [0.1, 0.15) is 103 Å². The van der Waals surface area contributed by atoms with Crippen molar-refractivity contribution in [3.05, 3.63) is 52.9 Å². The van der Waals surface area contributed by atoms with E-state index in [4.69, 9.17) is 9.26 Å². The quantitative estimate of drug-likeness (QED) is 0.249. The highest BCUT2D eigenvalue weighted by molar-refractivity contribution is 7.13. The number of benzene rings is 1. The molecule has 12 nitrogen and oxygen atoms in total. The topological polar surface area (TPSA) is 141 Å². The molecule has 0 aliphatic carbocycles. The number of aliphatic hydroxyl groups excluding tert-OH is 1. The number of nitrogens with one attached hydrogen (secondary N) is 1. The van der Waals surface area contributed by atoms with Gasteiger partial charge in [0.2, 0.25) is 11.8 Å². The largest absolute Gasteiger partial charge is 0.444 e. The zero-order chi connectivity index (χ0) is 38.0. The summed E-state index contributed by atoms with van der Waals surface area (Å²) in [6.07, 6.45) is 3.19. The Labute approximate surface area is 317 Å². The first kappa shape index (κ1) is 38.7. The lowest BCUT2D eigenvalue weighted by atomic mass is 9.79. The molecule has 2 aromatic heterocycles. The van der Waals surface area contributed by atoms with Crippen LogP contribution in [0.4, 0.5) is 10.6 Å². The first-order valence-electron chi connectivity index (χ1n) is 19.2. The maximum absolute atomic E-state index is 14.2. The van der Waals surface area contributed by atoms with Crippen molar-refractivity contribution in [2.24, 2.45) is 17.8 Å². The van der Waals surface area contributed by atoms with E-state index >= 15 is 0 Å². The van der Waals surface area contributed by atoms with E-state index in [0.29, 0.717) is 17.6 Å². The molecule has 0 saturated carbocycles. The number of β-amino-alcohol motifs (C(OH)–C–C–N with tert-alkyl or cyclic N) is 1. The number of carbonyl (C=O) groups excluding carboxylic acids is 3. The molecular weight excluding hydrogens is 693 g/mol. The highest BCUT2D eigenvalue weighted by Crippen LogP contribution is 2.37. The summed E-state index contributed by atoms with van der Waals surface area (Å²) in [5.74, 6) is 1.06. The Morgan fingerprint density at radius 1 is 1.00 bits per heavy atom. The van der Waals surface area contributed by atoms with Gasteiger partial charge in [-0.1, -0.05) is 43.3 Å². The summed E-state index contributed by atoms with van der Waals surface area (Å²) in [6, 6.07) is 8.87. The first-order chi connectivity index (χ1) is 25.2. The van der Waals surface area contributed by atoms with Gasteiger partial charge in [-0.05, 0) is 89.2 Å². The molecule has 1 aromatic carbocycles. The van der Waals surface area contributed by atoms with Crippen LogP contribution in [0.25, 0.3) is 10.4 Å². The minimum absolute atomic E-state index is 0.0859. The van der Waals surface area contributed by atoms with Crippen LogP contribution in [-0.4, -0.2) is 93.4 Å². The van der Waals surface area contributed by atoms with Crippen molar-refractivity contribution in [3.63, 3.8) is 0 Å². The van der Waals surface area contributed by atoms with Gasteiger partial charge in [0.15, 0.2) is 11.6 Å². The molecular formula is C40H56N6O6S. The molecule has 1 unspecified atom stereocenters. The number of hydrogen-bond donors (Lipinski definition) is 2. The Morgan fingerprint density at radius 3 is 2.23 bits per heavy atom. The fraction of sp³-hybridized carbons (Fsp3) is 0.625. The van der Waals surface area contributed by atoms with Crippen LogP contribution >= 0.6 is 11.3 Å². The molecule has 0 spiro atoms. The summed E-state index contributed by atoms with van der Waals surface area (Å²) >= 11 is 1.60. The monoisotopic (exact) mass is 748 g/mol. The third-order valence-corrected chi connectivity index (χ3v) is 12.1. The van der Waals surface area contributed by atoms with Crippen molar-refractivity contribution in [2.45, 2.75) is 110 Å². The van der Waals surface area contributed by atoms with Gasteiger partial charge in [0, 0.05) is 45.2 Å². The van der Waals surface area contributed by atoms with Crippen LogP contribution in [0.3, 0.4) is 0 Å². The number of rotatable bonds is 9. The Balaban J connectivity index is 1.04. The van der Waals surface area contributed by atoms with Crippen molar-refractivity contribution in [1.29, 1.82) is 0 Å². The van der Waals surface area contributed by atoms with Gasteiger partial charge in [-0.25, -0.2) is 9.78 Å². The molecule has 0 bridgehead atoms. The van der Waals surface area contributed by atoms with Gasteiger partial charge < -0.3 is 34.4 Å². The summed E-state index contributed by atoms with van der Waals surface area (Å²) in [5.41, 5.74) is 4.36. The minimum Gasteiger partial charge on any atom is -0.444 e. The fourth-order valence-electron chi connectivity index (χ4n) is 8.17. The number of aromatic nitrogens is 2. The number of nitrogens with zero attached hydrogens (tertiary/aromatic N) is 5. The third kappa shape index (κ3) is 9.05. The van der Waals surface area contributed by atoms with Crippen molar-refractivity contribution < 1.29 is 28.8 Å². The van der Waals surface area contributed by atoms with Crippen LogP contribution in [0.5, 0.6) is 0 Å². The normalized spacial score (nSPS) is 21.6. The van der Waals surface area contributed by atoms with E-state index in [1.165, 1.54) is 4.90 Å². The third-order valence-electron chi connectivity index (χ3n) is 11.1. The molecule has 5 heterocycles. The molecule has 13 heteroatoms. The SMILES string of the molecule is Cc1ncsc1-c1ccc([C@H](C)NC(=O)[C@@H]2C[C@@H](O)CN2C(=O)C(c2cc(N3CCC(C4CCN(C(=O)OC(C)(C)C)CC4)CC3)no2)C(C)C)cc1. The zero-order valence-corrected chi connectivity index (χ0v) is 33.0. The first-order valence-corrected chi connectivity index (χ1v) is 20.0. The van der Waals surface area contributed by atoms with Crippen molar-refractivity contribution >= 4 is 35.1 Å². The maximum Gasteiger partial charge on any atom is 0.410 e. The smallest absolute Gasteiger partial charge is 0.410 e. The van der Waals surface area contributed by atoms with E-state index in [-0.39, 0.29) is 42.8 Å². The van der Waals surface area contributed by atoms with E-state index in [9.17, 15) is 19.5 Å². The lowest BCUT2D eigenvalue weighted by molar-refractivity contribution is -0.141. The summed E-state index contributed by atoms with van der Waals surface area (Å²) in [4.78, 5) is 51.5. The molecule has 3 aromatic rings. The van der Waals surface area contributed by atoms with Gasteiger partial charge in [0.25, 0.3) is 0 Å². The van der Waals surface area contributed by atoms with Crippen molar-refractivity contribution in [2.75, 3.05) is 37.6 Å². The summed E-state index contributed by atoms with van der Waals surface area (Å²) in [7, 11) is 0. The average Bonchev–Trinajstić information content (AvgIpc) is 3.88. The van der Waals surface area contributed by atoms with Gasteiger partial charge in [-0.15, -0.1) is 11.3 Å². The molecule has 3 fully saturated rings. The maximum atomic E-state index is 14.2. The predicted octanol–water partition coefficient (Wildman–Crippen LogP) is 6.55. The average molecular weight is 749 g/mol. The Bertz CT molecular complexity index is 1720. The van der Waals surface area contributed by atoms with E-state index in [2.05, 4.69) is 20.4 Å². The van der Waals surface area contributed by atoms with Crippen LogP contribution in [0.2, 0.25) is 0 Å². The number of thiazole rings is 1. The summed E-state index contributed by atoms with van der Waals surface area (Å²) < 4.78 is 11.4. The summed E-state index contributed by atoms with van der Waals surface area (Å²) in [5, 5.41) is 18.2. The lowest BCUT2D eigenvalue weighted by Crippen LogP contribution is -2.48. The van der Waals surface area contributed by atoms with E-state index in [1.54, 1.807) is 11.3 Å². The molecule has 3 amide bonds. The van der Waals surface area contributed by atoms with Crippen LogP contribution < -0.4 is 10.2 Å². The number of carbonyl (C=O) groups is 3. The fourth-order valence-corrected chi connectivity index (χ4v) is 8.98. The lowest BCUT2D eigenvalue weighted by Gasteiger charge is -2.40. The van der Waals surface area contributed by atoms with Gasteiger partial charge >= 0.3 is 6.09 Å². The molecule has 288 valence electrons. The van der Waals surface area contributed by atoms with E-state index in [0.717, 1.165) is 79.4 Å². The van der Waals surface area contributed by atoms with Crippen LogP contribution in [0, 0.1) is 24.7 Å². The molecule has 53 heavy (non-hydrogen) atoms. The van der Waals surface area contributed by atoms with Gasteiger partial charge in [-0.3, -0.25) is 9.59 Å².